The van der Waals surface area contributed by atoms with Gasteiger partial charge in [-0.1, -0.05) is 19.4 Å². The fourth-order valence-electron chi connectivity index (χ4n) is 7.43. The van der Waals surface area contributed by atoms with Crippen LogP contribution in [0, 0.1) is 34.5 Å². The molecule has 23 heavy (non-hydrogen) atoms. The lowest BCUT2D eigenvalue weighted by atomic mass is 9.45. The van der Waals surface area contributed by atoms with Crippen LogP contribution in [0.3, 0.4) is 0 Å². The molecule has 3 fully saturated rings. The largest absolute Gasteiger partial charge is 0.393 e. The van der Waals surface area contributed by atoms with Crippen LogP contribution < -0.4 is 0 Å². The van der Waals surface area contributed by atoms with Gasteiger partial charge in [0.05, 0.1) is 6.10 Å². The SMILES string of the molecule is CC(O)C1CCC2(C)C3CCC4=CC(=O)CCC4C3CCC12C. The van der Waals surface area contributed by atoms with E-state index >= 15 is 0 Å². The number of ketones is 1. The molecule has 0 spiro atoms. The highest BCUT2D eigenvalue weighted by molar-refractivity contribution is 5.91. The van der Waals surface area contributed by atoms with E-state index in [2.05, 4.69) is 13.8 Å². The molecule has 2 heteroatoms. The molecule has 128 valence electrons. The average molecular weight is 316 g/mol. The quantitative estimate of drug-likeness (QED) is 0.772. The summed E-state index contributed by atoms with van der Waals surface area (Å²) in [6, 6.07) is 0. The maximum absolute atomic E-state index is 11.8. The summed E-state index contributed by atoms with van der Waals surface area (Å²) in [7, 11) is 0. The van der Waals surface area contributed by atoms with E-state index in [1.165, 1.54) is 37.7 Å². The first-order chi connectivity index (χ1) is 10.9. The van der Waals surface area contributed by atoms with E-state index in [0.29, 0.717) is 28.4 Å². The van der Waals surface area contributed by atoms with Crippen LogP contribution in [-0.2, 0) is 4.79 Å². The molecule has 0 heterocycles. The van der Waals surface area contributed by atoms with Crippen LogP contribution in [-0.4, -0.2) is 17.0 Å². The molecule has 4 aliphatic carbocycles. The van der Waals surface area contributed by atoms with Gasteiger partial charge in [0, 0.05) is 6.42 Å². The molecule has 0 saturated heterocycles. The Kier molecular flexibility index (Phi) is 3.58. The highest BCUT2D eigenvalue weighted by Crippen LogP contribution is 2.70. The lowest BCUT2D eigenvalue weighted by Gasteiger charge is -2.60. The molecule has 2 nitrogen and oxygen atoms in total. The summed E-state index contributed by atoms with van der Waals surface area (Å²) in [5.41, 5.74) is 2.15. The van der Waals surface area contributed by atoms with Crippen LogP contribution >= 0.6 is 0 Å². The molecule has 4 rings (SSSR count). The molecule has 0 radical (unpaired) electrons. The summed E-state index contributed by atoms with van der Waals surface area (Å²) in [5.74, 6) is 3.09. The smallest absolute Gasteiger partial charge is 0.155 e. The Labute approximate surface area is 140 Å². The number of carbonyl (C=O) groups excluding carboxylic acids is 1. The van der Waals surface area contributed by atoms with Gasteiger partial charge in [0.15, 0.2) is 5.78 Å². The van der Waals surface area contributed by atoms with Crippen molar-refractivity contribution in [1.29, 1.82) is 0 Å². The maximum atomic E-state index is 11.8. The first-order valence-electron chi connectivity index (χ1n) is 9.78. The summed E-state index contributed by atoms with van der Waals surface area (Å²) in [6.07, 6.45) is 11.1. The Morgan fingerprint density at radius 2 is 1.83 bits per heavy atom. The van der Waals surface area contributed by atoms with Crippen LogP contribution in [0.25, 0.3) is 0 Å². The van der Waals surface area contributed by atoms with Gasteiger partial charge in [-0.15, -0.1) is 0 Å². The fourth-order valence-corrected chi connectivity index (χ4v) is 7.43. The predicted molar refractivity (Wildman–Crippen MR) is 91.9 cm³/mol. The van der Waals surface area contributed by atoms with Gasteiger partial charge in [-0.2, -0.15) is 0 Å². The van der Waals surface area contributed by atoms with Crippen molar-refractivity contribution in [3.63, 3.8) is 0 Å². The molecule has 7 unspecified atom stereocenters. The van der Waals surface area contributed by atoms with E-state index in [1.807, 2.05) is 13.0 Å². The van der Waals surface area contributed by atoms with Crippen molar-refractivity contribution < 1.29 is 9.90 Å². The second kappa shape index (κ2) is 5.18. The van der Waals surface area contributed by atoms with Crippen LogP contribution in [0.4, 0.5) is 0 Å². The number of aliphatic hydroxyl groups excluding tert-OH is 1. The van der Waals surface area contributed by atoms with Crippen molar-refractivity contribution in [1.82, 2.24) is 0 Å². The fraction of sp³-hybridized carbons (Fsp3) is 0.857. The lowest BCUT2D eigenvalue weighted by molar-refractivity contribution is -0.119. The minimum absolute atomic E-state index is 0.176. The molecule has 0 amide bonds. The Bertz CT molecular complexity index is 548. The van der Waals surface area contributed by atoms with Gasteiger partial charge >= 0.3 is 0 Å². The standard InChI is InChI=1S/C21H32O2/c1-13(22)18-9-11-21(3)19-7-4-14-12-15(23)5-6-16(14)17(19)8-10-20(18,21)2/h12-13,16-19,22H,4-11H2,1-3H3. The van der Waals surface area contributed by atoms with Gasteiger partial charge in [0.2, 0.25) is 0 Å². The highest BCUT2D eigenvalue weighted by atomic mass is 16.3. The third-order valence-corrected chi connectivity index (χ3v) is 8.80. The average Bonchev–Trinajstić information content (AvgIpc) is 2.78. The summed E-state index contributed by atoms with van der Waals surface area (Å²) >= 11 is 0. The van der Waals surface area contributed by atoms with Gasteiger partial charge in [0.1, 0.15) is 0 Å². The highest BCUT2D eigenvalue weighted by Gasteiger charge is 2.63. The first kappa shape index (κ1) is 15.9. The number of fused-ring (bicyclic) bond motifs is 5. The molecular weight excluding hydrogens is 284 g/mol. The molecule has 0 aromatic carbocycles. The summed E-state index contributed by atoms with van der Waals surface area (Å²) < 4.78 is 0. The van der Waals surface area contributed by atoms with Crippen molar-refractivity contribution in [2.45, 2.75) is 78.2 Å². The van der Waals surface area contributed by atoms with E-state index in [1.54, 1.807) is 0 Å². The zero-order chi connectivity index (χ0) is 16.4. The van der Waals surface area contributed by atoms with Crippen LogP contribution in [0.2, 0.25) is 0 Å². The van der Waals surface area contributed by atoms with Gasteiger partial charge < -0.3 is 5.11 Å². The zero-order valence-corrected chi connectivity index (χ0v) is 15.0. The van der Waals surface area contributed by atoms with Crippen molar-refractivity contribution in [2.24, 2.45) is 34.5 Å². The molecule has 0 aromatic rings. The topological polar surface area (TPSA) is 37.3 Å². The molecule has 0 bridgehead atoms. The van der Waals surface area contributed by atoms with E-state index in [4.69, 9.17) is 0 Å². The third kappa shape index (κ3) is 2.06. The monoisotopic (exact) mass is 316 g/mol. The molecular formula is C21H32O2. The Hall–Kier alpha value is -0.630. The van der Waals surface area contributed by atoms with Gasteiger partial charge in [-0.05, 0) is 92.4 Å². The van der Waals surface area contributed by atoms with Crippen molar-refractivity contribution in [3.05, 3.63) is 11.6 Å². The molecule has 4 aliphatic rings. The molecule has 0 aliphatic heterocycles. The number of rotatable bonds is 1. The summed E-state index contributed by atoms with van der Waals surface area (Å²) in [6.45, 7) is 7.01. The number of aliphatic hydroxyl groups is 1. The zero-order valence-electron chi connectivity index (χ0n) is 15.0. The molecule has 1 N–H and O–H groups in total. The number of hydrogen-bond acceptors (Lipinski definition) is 2. The second-order valence-electron chi connectivity index (χ2n) is 9.40. The van der Waals surface area contributed by atoms with E-state index < -0.39 is 0 Å². The second-order valence-corrected chi connectivity index (χ2v) is 9.40. The minimum Gasteiger partial charge on any atom is -0.393 e. The molecule has 0 aromatic heterocycles. The van der Waals surface area contributed by atoms with Crippen LogP contribution in [0.15, 0.2) is 11.6 Å². The van der Waals surface area contributed by atoms with E-state index in [0.717, 1.165) is 31.1 Å². The molecule has 3 saturated carbocycles. The number of carbonyl (C=O) groups is 1. The van der Waals surface area contributed by atoms with Crippen LogP contribution in [0.1, 0.15) is 72.1 Å². The third-order valence-electron chi connectivity index (χ3n) is 8.80. The summed E-state index contributed by atoms with van der Waals surface area (Å²) in [5, 5.41) is 10.3. The van der Waals surface area contributed by atoms with Gasteiger partial charge in [-0.25, -0.2) is 0 Å². The maximum Gasteiger partial charge on any atom is 0.155 e. The lowest BCUT2D eigenvalue weighted by Crippen LogP contribution is -2.53. The van der Waals surface area contributed by atoms with Crippen molar-refractivity contribution in [2.75, 3.05) is 0 Å². The van der Waals surface area contributed by atoms with Crippen LogP contribution in [0.5, 0.6) is 0 Å². The van der Waals surface area contributed by atoms with Crippen molar-refractivity contribution in [3.8, 4) is 0 Å². The number of allylic oxidation sites excluding steroid dienone is 1. The first-order valence-corrected chi connectivity index (χ1v) is 9.78. The summed E-state index contributed by atoms with van der Waals surface area (Å²) in [4.78, 5) is 11.8. The molecule has 7 atom stereocenters. The Balaban J connectivity index is 1.67. The number of hydrogen-bond donors (Lipinski definition) is 1. The van der Waals surface area contributed by atoms with Crippen molar-refractivity contribution >= 4 is 5.78 Å². The normalized spacial score (nSPS) is 50.6. The minimum atomic E-state index is -0.176. The Morgan fingerprint density at radius 3 is 2.57 bits per heavy atom. The van der Waals surface area contributed by atoms with Gasteiger partial charge in [0.25, 0.3) is 0 Å². The van der Waals surface area contributed by atoms with E-state index in [9.17, 15) is 9.90 Å². The van der Waals surface area contributed by atoms with Gasteiger partial charge in [-0.3, -0.25) is 4.79 Å². The predicted octanol–water partition coefficient (Wildman–Crippen LogP) is 4.52. The Morgan fingerprint density at radius 1 is 1.09 bits per heavy atom. The van der Waals surface area contributed by atoms with E-state index in [-0.39, 0.29) is 6.10 Å².